The minimum atomic E-state index is 0.449. The summed E-state index contributed by atoms with van der Waals surface area (Å²) in [4.78, 5) is 4.34. The van der Waals surface area contributed by atoms with Crippen LogP contribution in [0.5, 0.6) is 0 Å². The normalized spacial score (nSPS) is 23.1. The summed E-state index contributed by atoms with van der Waals surface area (Å²) in [6, 6.07) is 3.13. The third-order valence-electron chi connectivity index (χ3n) is 4.09. The molecular weight excluding hydrogens is 250 g/mol. The molecule has 0 radical (unpaired) electrons. The zero-order valence-corrected chi connectivity index (χ0v) is 12.3. The molecule has 1 aliphatic heterocycles. The fourth-order valence-corrected chi connectivity index (χ4v) is 3.01. The average Bonchev–Trinajstić information content (AvgIpc) is 3.05. The van der Waals surface area contributed by atoms with Gasteiger partial charge in [-0.1, -0.05) is 0 Å². The Bertz CT molecular complexity index is 556. The Balaban J connectivity index is 1.67. The molecule has 2 atom stereocenters. The van der Waals surface area contributed by atoms with E-state index in [-0.39, 0.29) is 0 Å². The van der Waals surface area contributed by atoms with Gasteiger partial charge in [-0.2, -0.15) is 5.10 Å². The first-order valence-electron chi connectivity index (χ1n) is 7.47. The summed E-state index contributed by atoms with van der Waals surface area (Å²) in [5.74, 6) is 0. The lowest BCUT2D eigenvalue weighted by molar-refractivity contribution is 0.329. The van der Waals surface area contributed by atoms with Gasteiger partial charge in [0.2, 0.25) is 0 Å². The van der Waals surface area contributed by atoms with E-state index in [1.165, 1.54) is 25.0 Å². The van der Waals surface area contributed by atoms with Crippen molar-refractivity contribution in [1.29, 1.82) is 0 Å². The number of imidazole rings is 1. The number of hydrogen-bond acceptors (Lipinski definition) is 3. The van der Waals surface area contributed by atoms with E-state index < -0.39 is 0 Å². The molecule has 0 spiro atoms. The van der Waals surface area contributed by atoms with Crippen molar-refractivity contribution in [3.8, 4) is 0 Å². The van der Waals surface area contributed by atoms with Crippen LogP contribution in [0.25, 0.3) is 0 Å². The predicted octanol–water partition coefficient (Wildman–Crippen LogP) is 2.06. The van der Waals surface area contributed by atoms with Gasteiger partial charge in [0.15, 0.2) is 0 Å². The van der Waals surface area contributed by atoms with E-state index in [9.17, 15) is 0 Å². The summed E-state index contributed by atoms with van der Waals surface area (Å²) >= 11 is 0. The second-order valence-corrected chi connectivity index (χ2v) is 5.79. The predicted molar refractivity (Wildman–Crippen MR) is 78.3 cm³/mol. The SMILES string of the molecule is CC1CCCC(c2cncn2CCc2ccn(C)n2)N1. The molecule has 108 valence electrons. The number of nitrogens with one attached hydrogen (secondary N) is 1. The van der Waals surface area contributed by atoms with Crippen LogP contribution in [0.4, 0.5) is 0 Å². The maximum Gasteiger partial charge on any atom is 0.0948 e. The fraction of sp³-hybridized carbons (Fsp3) is 0.600. The largest absolute Gasteiger partial charge is 0.333 e. The maximum atomic E-state index is 4.43. The van der Waals surface area contributed by atoms with Gasteiger partial charge in [0, 0.05) is 44.5 Å². The molecule has 20 heavy (non-hydrogen) atoms. The lowest BCUT2D eigenvalue weighted by atomic mass is 9.97. The smallest absolute Gasteiger partial charge is 0.0948 e. The minimum Gasteiger partial charge on any atom is -0.333 e. The number of piperidine rings is 1. The lowest BCUT2D eigenvalue weighted by Crippen LogP contribution is -2.35. The Kier molecular flexibility index (Phi) is 3.87. The third kappa shape index (κ3) is 2.93. The van der Waals surface area contributed by atoms with E-state index in [0.717, 1.165) is 18.7 Å². The lowest BCUT2D eigenvalue weighted by Gasteiger charge is -2.29. The molecular formula is C15H23N5. The molecule has 1 aliphatic rings. The molecule has 5 heteroatoms. The van der Waals surface area contributed by atoms with Crippen molar-refractivity contribution in [3.05, 3.63) is 36.2 Å². The minimum absolute atomic E-state index is 0.449. The quantitative estimate of drug-likeness (QED) is 0.927. The van der Waals surface area contributed by atoms with Gasteiger partial charge in [-0.3, -0.25) is 4.68 Å². The molecule has 1 saturated heterocycles. The van der Waals surface area contributed by atoms with Crippen molar-refractivity contribution in [2.24, 2.45) is 7.05 Å². The maximum absolute atomic E-state index is 4.43. The van der Waals surface area contributed by atoms with E-state index in [1.54, 1.807) is 0 Å². The number of hydrogen-bond donors (Lipinski definition) is 1. The summed E-state index contributed by atoms with van der Waals surface area (Å²) in [7, 11) is 1.96. The Labute approximate surface area is 120 Å². The van der Waals surface area contributed by atoms with Crippen LogP contribution in [-0.2, 0) is 20.0 Å². The molecule has 0 amide bonds. The molecule has 0 saturated carbocycles. The van der Waals surface area contributed by atoms with E-state index >= 15 is 0 Å². The Morgan fingerprint density at radius 3 is 3.05 bits per heavy atom. The average molecular weight is 273 g/mol. The van der Waals surface area contributed by atoms with Gasteiger partial charge in [-0.15, -0.1) is 0 Å². The zero-order valence-electron chi connectivity index (χ0n) is 12.3. The highest BCUT2D eigenvalue weighted by molar-refractivity contribution is 5.08. The van der Waals surface area contributed by atoms with Crippen LogP contribution in [-0.4, -0.2) is 25.4 Å². The first-order chi connectivity index (χ1) is 9.72. The molecule has 1 N–H and O–H groups in total. The van der Waals surface area contributed by atoms with E-state index in [2.05, 4.69) is 33.0 Å². The molecule has 0 aliphatic carbocycles. The van der Waals surface area contributed by atoms with Crippen LogP contribution in [0.3, 0.4) is 0 Å². The summed E-state index contributed by atoms with van der Waals surface area (Å²) in [6.45, 7) is 3.21. The Morgan fingerprint density at radius 1 is 1.40 bits per heavy atom. The summed E-state index contributed by atoms with van der Waals surface area (Å²) < 4.78 is 4.12. The number of nitrogens with zero attached hydrogens (tertiary/aromatic N) is 4. The molecule has 2 unspecified atom stereocenters. The van der Waals surface area contributed by atoms with Crippen LogP contribution < -0.4 is 5.32 Å². The van der Waals surface area contributed by atoms with Crippen LogP contribution in [0.1, 0.15) is 43.6 Å². The van der Waals surface area contributed by atoms with Crippen molar-refractivity contribution >= 4 is 0 Å². The highest BCUT2D eigenvalue weighted by Crippen LogP contribution is 2.25. The number of aromatic nitrogens is 4. The van der Waals surface area contributed by atoms with Gasteiger partial charge in [-0.25, -0.2) is 4.98 Å². The van der Waals surface area contributed by atoms with Crippen molar-refractivity contribution in [2.45, 2.75) is 51.2 Å². The summed E-state index contributed by atoms with van der Waals surface area (Å²) in [5, 5.41) is 8.11. The molecule has 3 rings (SSSR count). The number of rotatable bonds is 4. The standard InChI is InChI=1S/C15H23N5/c1-12-4-3-5-14(17-12)15-10-16-11-20(15)9-7-13-6-8-19(2)18-13/h6,8,10-12,14,17H,3-5,7,9H2,1-2H3. The highest BCUT2D eigenvalue weighted by Gasteiger charge is 2.21. The Morgan fingerprint density at radius 2 is 2.30 bits per heavy atom. The van der Waals surface area contributed by atoms with Gasteiger partial charge < -0.3 is 9.88 Å². The first-order valence-corrected chi connectivity index (χ1v) is 7.47. The van der Waals surface area contributed by atoms with Crippen molar-refractivity contribution in [1.82, 2.24) is 24.6 Å². The van der Waals surface area contributed by atoms with Crippen LogP contribution >= 0.6 is 0 Å². The Hall–Kier alpha value is -1.62. The van der Waals surface area contributed by atoms with Gasteiger partial charge >= 0.3 is 0 Å². The molecule has 3 heterocycles. The molecule has 2 aromatic rings. The van der Waals surface area contributed by atoms with Crippen molar-refractivity contribution in [2.75, 3.05) is 0 Å². The van der Waals surface area contributed by atoms with Crippen LogP contribution in [0.15, 0.2) is 24.8 Å². The van der Waals surface area contributed by atoms with Gasteiger partial charge in [0.1, 0.15) is 0 Å². The second kappa shape index (κ2) is 5.79. The van der Waals surface area contributed by atoms with E-state index in [4.69, 9.17) is 0 Å². The zero-order chi connectivity index (χ0) is 13.9. The summed E-state index contributed by atoms with van der Waals surface area (Å²) in [6.07, 6.45) is 10.7. The molecule has 5 nitrogen and oxygen atoms in total. The third-order valence-corrected chi connectivity index (χ3v) is 4.09. The first kappa shape index (κ1) is 13.4. The second-order valence-electron chi connectivity index (χ2n) is 5.79. The molecule has 0 bridgehead atoms. The topological polar surface area (TPSA) is 47.7 Å². The number of aryl methyl sites for hydroxylation is 3. The van der Waals surface area contributed by atoms with E-state index in [1.807, 2.05) is 30.5 Å². The van der Waals surface area contributed by atoms with Crippen molar-refractivity contribution in [3.63, 3.8) is 0 Å². The van der Waals surface area contributed by atoms with Crippen molar-refractivity contribution < 1.29 is 0 Å². The molecule has 1 fully saturated rings. The van der Waals surface area contributed by atoms with Crippen LogP contribution in [0, 0.1) is 0 Å². The molecule has 0 aromatic carbocycles. The fourth-order valence-electron chi connectivity index (χ4n) is 3.01. The van der Waals surface area contributed by atoms with Crippen LogP contribution in [0.2, 0.25) is 0 Å². The summed E-state index contributed by atoms with van der Waals surface area (Å²) in [5.41, 5.74) is 2.45. The van der Waals surface area contributed by atoms with Gasteiger partial charge in [0.25, 0.3) is 0 Å². The monoisotopic (exact) mass is 273 g/mol. The highest BCUT2D eigenvalue weighted by atomic mass is 15.2. The van der Waals surface area contributed by atoms with Gasteiger partial charge in [0.05, 0.1) is 17.7 Å². The van der Waals surface area contributed by atoms with E-state index in [0.29, 0.717) is 12.1 Å². The van der Waals surface area contributed by atoms with Gasteiger partial charge in [-0.05, 0) is 32.3 Å². The molecule has 2 aromatic heterocycles.